The molecule has 3 aromatic carbocycles. The largest absolute Gasteiger partial charge is 0.493 e. The number of H-pyrrole nitrogens is 2. The van der Waals surface area contributed by atoms with Crippen LogP contribution in [0.25, 0.3) is 21.8 Å². The van der Waals surface area contributed by atoms with Gasteiger partial charge < -0.3 is 24.8 Å². The predicted molar refractivity (Wildman–Crippen MR) is 137 cm³/mol. The Bertz CT molecular complexity index is 1580. The normalized spacial score (nSPS) is 11.9. The van der Waals surface area contributed by atoms with Crippen molar-refractivity contribution in [2.24, 2.45) is 0 Å². The van der Waals surface area contributed by atoms with Crippen LogP contribution in [0.15, 0.2) is 83.8 Å². The third-order valence-corrected chi connectivity index (χ3v) is 6.27. The van der Waals surface area contributed by atoms with E-state index >= 15 is 0 Å². The Hall–Kier alpha value is -4.52. The number of carbonyl (C=O) groups excluding carboxylic acids is 1. The molecule has 0 bridgehead atoms. The highest BCUT2D eigenvalue weighted by atomic mass is 16.5. The van der Waals surface area contributed by atoms with Gasteiger partial charge in [-0.3, -0.25) is 9.59 Å². The van der Waals surface area contributed by atoms with E-state index in [2.05, 4.69) is 15.3 Å². The minimum atomic E-state index is -0.323. The monoisotopic (exact) mass is 467 g/mol. The van der Waals surface area contributed by atoms with Crippen molar-refractivity contribution in [3.05, 3.63) is 106 Å². The molecule has 0 fully saturated rings. The van der Waals surface area contributed by atoms with E-state index in [1.165, 1.54) is 6.07 Å². The van der Waals surface area contributed by atoms with E-state index in [0.717, 1.165) is 22.0 Å². The summed E-state index contributed by atoms with van der Waals surface area (Å²) in [6, 6.07) is 22.4. The van der Waals surface area contributed by atoms with E-state index in [1.807, 2.05) is 66.9 Å². The Balaban J connectivity index is 1.57. The topological polar surface area (TPSA) is 96.2 Å². The fraction of sp³-hybridized carbons (Fsp3) is 0.143. The third kappa shape index (κ3) is 4.12. The van der Waals surface area contributed by atoms with Crippen LogP contribution in [0.2, 0.25) is 0 Å². The number of fused-ring (bicyclic) bond motifs is 2. The van der Waals surface area contributed by atoms with Crippen LogP contribution >= 0.6 is 0 Å². The average molecular weight is 468 g/mol. The SMILES string of the molecule is COc1cccc(C(CNC(=O)c2cc(=O)[nH]c3ccccc23)c2c[nH]c3ccccc23)c1OC. The van der Waals surface area contributed by atoms with Crippen molar-refractivity contribution < 1.29 is 14.3 Å². The molecule has 1 atom stereocenters. The van der Waals surface area contributed by atoms with Crippen LogP contribution in [0.1, 0.15) is 27.4 Å². The Morgan fingerprint density at radius 3 is 2.40 bits per heavy atom. The second-order valence-corrected chi connectivity index (χ2v) is 8.23. The van der Waals surface area contributed by atoms with Gasteiger partial charge in [0, 0.05) is 52.1 Å². The van der Waals surface area contributed by atoms with Crippen LogP contribution < -0.4 is 20.3 Å². The number of nitrogens with one attached hydrogen (secondary N) is 3. The maximum Gasteiger partial charge on any atom is 0.252 e. The highest BCUT2D eigenvalue weighted by Crippen LogP contribution is 2.40. The van der Waals surface area contributed by atoms with Gasteiger partial charge in [0.1, 0.15) is 0 Å². The number of carbonyl (C=O) groups is 1. The molecule has 176 valence electrons. The number of para-hydroxylation sites is 3. The molecule has 3 N–H and O–H groups in total. The van der Waals surface area contributed by atoms with Gasteiger partial charge in [0.2, 0.25) is 5.56 Å². The Kier molecular flexibility index (Phi) is 5.97. The fourth-order valence-electron chi connectivity index (χ4n) is 4.64. The summed E-state index contributed by atoms with van der Waals surface area (Å²) >= 11 is 0. The smallest absolute Gasteiger partial charge is 0.252 e. The minimum absolute atomic E-state index is 0.242. The van der Waals surface area contributed by atoms with E-state index < -0.39 is 0 Å². The molecule has 1 amide bonds. The third-order valence-electron chi connectivity index (χ3n) is 6.27. The first-order valence-electron chi connectivity index (χ1n) is 11.3. The summed E-state index contributed by atoms with van der Waals surface area (Å²) in [6.07, 6.45) is 1.96. The van der Waals surface area contributed by atoms with Gasteiger partial charge >= 0.3 is 0 Å². The number of hydrogen-bond acceptors (Lipinski definition) is 4. The van der Waals surface area contributed by atoms with E-state index in [0.29, 0.717) is 28.0 Å². The standard InChI is InChI=1S/C28H25N3O4/c1-34-25-13-7-10-19(27(25)35-2)22(21-15-29-23-11-5-3-9-18(21)23)16-30-28(33)20-14-26(32)31-24-12-6-4-8-17(20)24/h3-15,22,29H,16H2,1-2H3,(H,30,33)(H,31,32). The number of aromatic nitrogens is 2. The van der Waals surface area contributed by atoms with Gasteiger partial charge in [-0.25, -0.2) is 0 Å². The Morgan fingerprint density at radius 1 is 0.886 bits per heavy atom. The zero-order valence-electron chi connectivity index (χ0n) is 19.4. The van der Waals surface area contributed by atoms with Crippen LogP contribution in [-0.2, 0) is 0 Å². The molecule has 0 aliphatic rings. The lowest BCUT2D eigenvalue weighted by atomic mass is 9.89. The Morgan fingerprint density at radius 2 is 1.63 bits per heavy atom. The number of rotatable bonds is 7. The van der Waals surface area contributed by atoms with Crippen LogP contribution in [0, 0.1) is 0 Å². The number of amides is 1. The van der Waals surface area contributed by atoms with Crippen LogP contribution in [0.4, 0.5) is 0 Å². The first-order chi connectivity index (χ1) is 17.1. The van der Waals surface area contributed by atoms with E-state index in [4.69, 9.17) is 9.47 Å². The first-order valence-corrected chi connectivity index (χ1v) is 11.3. The van der Waals surface area contributed by atoms with Crippen molar-refractivity contribution in [2.75, 3.05) is 20.8 Å². The number of pyridine rings is 1. The summed E-state index contributed by atoms with van der Waals surface area (Å²) in [6.45, 7) is 0.283. The van der Waals surface area contributed by atoms with Crippen molar-refractivity contribution in [3.8, 4) is 11.5 Å². The lowest BCUT2D eigenvalue weighted by molar-refractivity contribution is 0.0954. The molecular weight excluding hydrogens is 442 g/mol. The molecule has 7 heteroatoms. The lowest BCUT2D eigenvalue weighted by Gasteiger charge is -2.22. The van der Waals surface area contributed by atoms with Crippen molar-refractivity contribution in [2.45, 2.75) is 5.92 Å². The van der Waals surface area contributed by atoms with Gasteiger partial charge in [0.25, 0.3) is 5.91 Å². The molecule has 0 radical (unpaired) electrons. The van der Waals surface area contributed by atoms with E-state index in [9.17, 15) is 9.59 Å². The van der Waals surface area contributed by atoms with Crippen LogP contribution in [0.3, 0.4) is 0 Å². The van der Waals surface area contributed by atoms with Crippen molar-refractivity contribution >= 4 is 27.7 Å². The molecule has 0 aliphatic heterocycles. The summed E-state index contributed by atoms with van der Waals surface area (Å²) in [5.41, 5.74) is 3.53. The fourth-order valence-corrected chi connectivity index (χ4v) is 4.64. The van der Waals surface area contributed by atoms with Crippen LogP contribution in [-0.4, -0.2) is 36.6 Å². The maximum atomic E-state index is 13.3. The highest BCUT2D eigenvalue weighted by molar-refractivity contribution is 6.06. The number of hydrogen-bond donors (Lipinski definition) is 3. The van der Waals surface area contributed by atoms with Crippen molar-refractivity contribution in [1.82, 2.24) is 15.3 Å². The molecule has 2 heterocycles. The summed E-state index contributed by atoms with van der Waals surface area (Å²) in [5, 5.41) is 4.80. The highest BCUT2D eigenvalue weighted by Gasteiger charge is 2.25. The average Bonchev–Trinajstić information content (AvgIpc) is 3.32. The first kappa shape index (κ1) is 22.3. The minimum Gasteiger partial charge on any atom is -0.493 e. The van der Waals surface area contributed by atoms with Gasteiger partial charge in [0.15, 0.2) is 11.5 Å². The molecule has 5 aromatic rings. The molecule has 0 saturated carbocycles. The summed E-state index contributed by atoms with van der Waals surface area (Å²) in [4.78, 5) is 31.6. The van der Waals surface area contributed by atoms with E-state index in [1.54, 1.807) is 20.3 Å². The second-order valence-electron chi connectivity index (χ2n) is 8.23. The van der Waals surface area contributed by atoms with Crippen molar-refractivity contribution in [1.29, 1.82) is 0 Å². The van der Waals surface area contributed by atoms with Gasteiger partial charge in [-0.1, -0.05) is 48.5 Å². The zero-order valence-corrected chi connectivity index (χ0v) is 19.4. The van der Waals surface area contributed by atoms with Gasteiger partial charge in [-0.05, 0) is 23.8 Å². The maximum absolute atomic E-state index is 13.3. The van der Waals surface area contributed by atoms with Gasteiger partial charge in [-0.2, -0.15) is 0 Å². The predicted octanol–water partition coefficient (Wildman–Crippen LogP) is 4.59. The molecule has 35 heavy (non-hydrogen) atoms. The molecule has 1 unspecified atom stereocenters. The number of methoxy groups -OCH3 is 2. The number of aromatic amines is 2. The molecule has 0 saturated heterocycles. The number of benzene rings is 3. The zero-order chi connectivity index (χ0) is 24.4. The summed E-state index contributed by atoms with van der Waals surface area (Å²) < 4.78 is 11.3. The quantitative estimate of drug-likeness (QED) is 0.326. The molecular formula is C28H25N3O4. The van der Waals surface area contributed by atoms with Gasteiger partial charge in [0.05, 0.1) is 19.8 Å². The van der Waals surface area contributed by atoms with Crippen LogP contribution in [0.5, 0.6) is 11.5 Å². The van der Waals surface area contributed by atoms with Crippen molar-refractivity contribution in [3.63, 3.8) is 0 Å². The molecule has 7 nitrogen and oxygen atoms in total. The molecule has 0 aliphatic carbocycles. The lowest BCUT2D eigenvalue weighted by Crippen LogP contribution is -2.30. The summed E-state index contributed by atoms with van der Waals surface area (Å²) in [5.74, 6) is 0.662. The van der Waals surface area contributed by atoms with E-state index in [-0.39, 0.29) is 23.9 Å². The summed E-state index contributed by atoms with van der Waals surface area (Å²) in [7, 11) is 3.21. The molecule has 5 rings (SSSR count). The molecule has 0 spiro atoms. The van der Waals surface area contributed by atoms with Gasteiger partial charge in [-0.15, -0.1) is 0 Å². The molecule has 2 aromatic heterocycles. The Labute approximate surface area is 201 Å². The second kappa shape index (κ2) is 9.38. The number of ether oxygens (including phenoxy) is 2.